The van der Waals surface area contributed by atoms with Crippen molar-refractivity contribution in [2.75, 3.05) is 5.32 Å². The van der Waals surface area contributed by atoms with Crippen LogP contribution in [0.5, 0.6) is 0 Å². The minimum atomic E-state index is -1.06. The molecule has 2 N–H and O–H groups in total. The molecule has 7 nitrogen and oxygen atoms in total. The minimum absolute atomic E-state index is 0.114. The van der Waals surface area contributed by atoms with E-state index in [-0.39, 0.29) is 21.9 Å². The summed E-state index contributed by atoms with van der Waals surface area (Å²) in [7, 11) is 1.66. The Morgan fingerprint density at radius 2 is 1.84 bits per heavy atom. The summed E-state index contributed by atoms with van der Waals surface area (Å²) in [6.07, 6.45) is 8.31. The van der Waals surface area contributed by atoms with Crippen LogP contribution in [0.15, 0.2) is 59.7 Å². The van der Waals surface area contributed by atoms with Gasteiger partial charge in [-0.2, -0.15) is 0 Å². The number of fused-ring (bicyclic) bond motifs is 1. The van der Waals surface area contributed by atoms with E-state index in [0.717, 1.165) is 18.7 Å². The maximum atomic E-state index is 14.7. The van der Waals surface area contributed by atoms with Gasteiger partial charge < -0.3 is 15.0 Å². The lowest BCUT2D eigenvalue weighted by Gasteiger charge is -2.20. The zero-order chi connectivity index (χ0) is 25.9. The van der Waals surface area contributed by atoms with Crippen LogP contribution in [0.1, 0.15) is 60.4 Å². The summed E-state index contributed by atoms with van der Waals surface area (Å²) < 4.78 is 16.2. The summed E-state index contributed by atoms with van der Waals surface area (Å²) in [5.41, 5.74) is 2.24. The molecular weight excluding hydrogens is 471 g/mol. The van der Waals surface area contributed by atoms with E-state index in [1.807, 2.05) is 13.0 Å². The molecule has 188 valence electrons. The first-order valence-electron chi connectivity index (χ1n) is 12.5. The number of halogens is 1. The molecule has 2 aliphatic carbocycles. The Morgan fingerprint density at radius 1 is 1.14 bits per heavy atom. The monoisotopic (exact) mass is 498 g/mol. The van der Waals surface area contributed by atoms with Crippen molar-refractivity contribution in [3.63, 3.8) is 0 Å². The number of nitrogens with one attached hydrogen (secondary N) is 1. The molecule has 4 aromatic rings. The van der Waals surface area contributed by atoms with Crippen molar-refractivity contribution in [3.05, 3.63) is 88.0 Å². The summed E-state index contributed by atoms with van der Waals surface area (Å²) in [5.74, 6) is -0.00743. The van der Waals surface area contributed by atoms with E-state index in [1.54, 1.807) is 37.6 Å². The second kappa shape index (κ2) is 8.50. The van der Waals surface area contributed by atoms with E-state index < -0.39 is 17.8 Å². The highest BCUT2D eigenvalue weighted by Crippen LogP contribution is 2.61. The molecule has 0 unspecified atom stereocenters. The Balaban J connectivity index is 1.42. The maximum absolute atomic E-state index is 14.7. The summed E-state index contributed by atoms with van der Waals surface area (Å²) >= 11 is 0. The normalized spacial score (nSPS) is 16.9. The van der Waals surface area contributed by atoms with Crippen molar-refractivity contribution in [1.82, 2.24) is 14.5 Å². The molecular formula is C29H27FN4O3. The Morgan fingerprint density at radius 3 is 2.49 bits per heavy atom. The van der Waals surface area contributed by atoms with Gasteiger partial charge in [-0.3, -0.25) is 4.79 Å². The van der Waals surface area contributed by atoms with Crippen LogP contribution in [0.25, 0.3) is 22.0 Å². The predicted octanol–water partition coefficient (Wildman–Crippen LogP) is 5.45. The zero-order valence-corrected chi connectivity index (χ0v) is 20.7. The van der Waals surface area contributed by atoms with Crippen LogP contribution in [0.3, 0.4) is 0 Å². The Kier molecular flexibility index (Phi) is 5.36. The first-order chi connectivity index (χ1) is 17.8. The van der Waals surface area contributed by atoms with Gasteiger partial charge in [-0.25, -0.2) is 19.2 Å². The second-order valence-electron chi connectivity index (χ2n) is 10.3. The third kappa shape index (κ3) is 3.97. The summed E-state index contributed by atoms with van der Waals surface area (Å²) in [4.78, 5) is 34.4. The molecule has 6 rings (SSSR count). The van der Waals surface area contributed by atoms with Crippen LogP contribution >= 0.6 is 0 Å². The second-order valence-corrected chi connectivity index (χ2v) is 10.3. The number of anilines is 1. The highest BCUT2D eigenvalue weighted by molar-refractivity contribution is 5.94. The number of aromatic carboxylic acids is 1. The molecule has 2 aliphatic rings. The summed E-state index contributed by atoms with van der Waals surface area (Å²) in [6.45, 7) is 1.81. The van der Waals surface area contributed by atoms with E-state index in [1.165, 1.54) is 35.6 Å². The molecule has 2 fully saturated rings. The van der Waals surface area contributed by atoms with Gasteiger partial charge in [-0.15, -0.1) is 0 Å². The van der Waals surface area contributed by atoms with E-state index in [2.05, 4.69) is 5.32 Å². The number of carbonyl (C=O) groups is 1. The maximum Gasteiger partial charge on any atom is 0.337 e. The fourth-order valence-corrected chi connectivity index (χ4v) is 5.54. The van der Waals surface area contributed by atoms with Gasteiger partial charge in [0.2, 0.25) is 0 Å². The molecule has 37 heavy (non-hydrogen) atoms. The molecule has 0 radical (unpaired) electrons. The number of carboxylic acids is 1. The number of para-hydroxylation sites is 1. The predicted molar refractivity (Wildman–Crippen MR) is 139 cm³/mol. The highest BCUT2D eigenvalue weighted by Gasteiger charge is 2.57. The van der Waals surface area contributed by atoms with Crippen LogP contribution in [0.2, 0.25) is 0 Å². The lowest BCUT2D eigenvalue weighted by atomic mass is 9.97. The number of hydrogen-bond donors (Lipinski definition) is 2. The third-order valence-corrected chi connectivity index (χ3v) is 7.89. The largest absolute Gasteiger partial charge is 0.478 e. The zero-order valence-electron chi connectivity index (χ0n) is 20.7. The Hall–Kier alpha value is -4.07. The lowest BCUT2D eigenvalue weighted by molar-refractivity contribution is 0.0698. The van der Waals surface area contributed by atoms with Crippen LogP contribution < -0.4 is 10.9 Å². The summed E-state index contributed by atoms with van der Waals surface area (Å²) in [6, 6.07) is 10.6. The molecule has 0 saturated heterocycles. The molecule has 0 spiro atoms. The third-order valence-electron chi connectivity index (χ3n) is 7.89. The highest BCUT2D eigenvalue weighted by atomic mass is 19.1. The van der Waals surface area contributed by atoms with Gasteiger partial charge in [-0.05, 0) is 79.8 Å². The van der Waals surface area contributed by atoms with Gasteiger partial charge in [0.15, 0.2) is 0 Å². The van der Waals surface area contributed by atoms with E-state index >= 15 is 0 Å². The van der Waals surface area contributed by atoms with Crippen molar-refractivity contribution in [1.29, 1.82) is 0 Å². The van der Waals surface area contributed by atoms with Crippen LogP contribution in [-0.2, 0) is 12.5 Å². The molecule has 2 heterocycles. The molecule has 2 saturated carbocycles. The first kappa shape index (κ1) is 23.3. The van der Waals surface area contributed by atoms with Gasteiger partial charge in [-0.1, -0.05) is 12.1 Å². The van der Waals surface area contributed by atoms with Gasteiger partial charge in [0, 0.05) is 42.1 Å². The van der Waals surface area contributed by atoms with Gasteiger partial charge in [0.05, 0.1) is 16.6 Å². The van der Waals surface area contributed by atoms with Gasteiger partial charge >= 0.3 is 5.97 Å². The molecule has 2 aromatic carbocycles. The number of benzene rings is 2. The van der Waals surface area contributed by atoms with Crippen LogP contribution in [-0.4, -0.2) is 25.6 Å². The molecule has 0 bridgehead atoms. The van der Waals surface area contributed by atoms with Crippen molar-refractivity contribution >= 4 is 22.4 Å². The van der Waals surface area contributed by atoms with Crippen molar-refractivity contribution in [2.45, 2.75) is 44.1 Å². The van der Waals surface area contributed by atoms with Crippen molar-refractivity contribution < 1.29 is 14.3 Å². The quantitative estimate of drug-likeness (QED) is 0.352. The number of carboxylic acid groups (broad SMARTS) is 1. The molecule has 1 atom stereocenters. The number of aromatic nitrogens is 3. The SMILES string of the molecule is C[C@@H](Nc1ccccc1C(=O)O)c1cc(F)cc2c(=O)n(C)c(-c3cnc(C4(C5CC5)CC4)nc3)cc12. The smallest absolute Gasteiger partial charge is 0.337 e. The molecule has 0 aliphatic heterocycles. The molecule has 8 heteroatoms. The Labute approximate surface area is 213 Å². The van der Waals surface area contributed by atoms with Crippen LogP contribution in [0, 0.1) is 11.7 Å². The summed E-state index contributed by atoms with van der Waals surface area (Å²) in [5, 5.41) is 13.6. The number of rotatable bonds is 7. The number of hydrogen-bond acceptors (Lipinski definition) is 5. The molecule has 2 aromatic heterocycles. The van der Waals surface area contributed by atoms with Crippen molar-refractivity contribution in [3.8, 4) is 11.3 Å². The lowest BCUT2D eigenvalue weighted by Crippen LogP contribution is -2.20. The number of nitrogens with zero attached hydrogens (tertiary/aromatic N) is 3. The first-order valence-corrected chi connectivity index (χ1v) is 12.5. The van der Waals surface area contributed by atoms with Gasteiger partial charge in [0.25, 0.3) is 5.56 Å². The van der Waals surface area contributed by atoms with E-state index in [4.69, 9.17) is 9.97 Å². The fraction of sp³-hybridized carbons (Fsp3) is 0.310. The van der Waals surface area contributed by atoms with E-state index in [0.29, 0.717) is 33.8 Å². The van der Waals surface area contributed by atoms with Crippen molar-refractivity contribution in [2.24, 2.45) is 13.0 Å². The minimum Gasteiger partial charge on any atom is -0.478 e. The average Bonchev–Trinajstić information content (AvgIpc) is 3.80. The Bertz CT molecular complexity index is 1600. The fourth-order valence-electron chi connectivity index (χ4n) is 5.54. The molecule has 0 amide bonds. The topological polar surface area (TPSA) is 97.1 Å². The van der Waals surface area contributed by atoms with Gasteiger partial charge in [0.1, 0.15) is 11.6 Å². The van der Waals surface area contributed by atoms with Crippen LogP contribution in [0.4, 0.5) is 10.1 Å². The van der Waals surface area contributed by atoms with E-state index in [9.17, 15) is 19.1 Å². The number of pyridine rings is 1. The standard InChI is InChI=1S/C29H27FN4O3/c1-16(33-24-6-4-3-5-20(24)27(36)37)21-11-19(30)12-23-22(21)13-25(34(2)26(23)35)17-14-31-28(32-15-17)29(9-10-29)18-7-8-18/h3-6,11-16,18,33H,7-10H2,1-2H3,(H,36,37)/t16-/m1/s1. The average molecular weight is 499 g/mol.